The second kappa shape index (κ2) is 12.6. The van der Waals surface area contributed by atoms with Gasteiger partial charge in [-0.15, -0.1) is 0 Å². The van der Waals surface area contributed by atoms with Crippen LogP contribution in [0, 0.1) is 0 Å². The number of rotatable bonds is 8. The molecule has 3 aromatic rings. The molecule has 2 heterocycles. The molecule has 4 N–H and O–H groups in total. The van der Waals surface area contributed by atoms with Gasteiger partial charge in [0, 0.05) is 27.7 Å². The Morgan fingerprint density at radius 3 is 2.57 bits per heavy atom. The Bertz CT molecular complexity index is 1590. The highest BCUT2D eigenvalue weighted by atomic mass is 35.5. The molecule has 1 aliphatic carbocycles. The summed E-state index contributed by atoms with van der Waals surface area (Å²) in [5, 5.41) is 0.672. The Kier molecular flexibility index (Phi) is 9.05. The predicted octanol–water partition coefficient (Wildman–Crippen LogP) is 4.36. The van der Waals surface area contributed by atoms with Gasteiger partial charge in [0.2, 0.25) is 10.0 Å². The number of carbonyl (C=O) groups excluding carboxylic acids is 2. The molecule has 0 radical (unpaired) electrons. The molecule has 0 saturated heterocycles. The molecular formula is C29H31Cl2N5O5S. The van der Waals surface area contributed by atoms with Crippen LogP contribution in [0.4, 0.5) is 5.69 Å². The lowest BCUT2D eigenvalue weighted by Gasteiger charge is -2.49. The van der Waals surface area contributed by atoms with Crippen LogP contribution < -0.4 is 15.9 Å². The van der Waals surface area contributed by atoms with Crippen LogP contribution in [-0.2, 0) is 26.3 Å². The standard InChI is InChI=1S/C29H31Cl2N5O5S/c1-42(39,40)35-24-8-4-5-9-25(24)36-27(22-13-10-17(30)14-23(22)31)26(20-6-2-3-7-21(20)29(36)38)28(37)34-41-16-19-12-11-18(32)15-33-19/h2-3,6-7,10-15,24-27,35H,4-5,8-9,16,32H2,1H3,(H,34,37)/t24-,25-,26+,27-/m0/s1. The summed E-state index contributed by atoms with van der Waals surface area (Å²) in [6, 6.07) is 13.2. The largest absolute Gasteiger partial charge is 0.397 e. The Morgan fingerprint density at radius 2 is 1.86 bits per heavy atom. The highest BCUT2D eigenvalue weighted by molar-refractivity contribution is 7.88. The number of carbonyl (C=O) groups is 2. The van der Waals surface area contributed by atoms with Crippen LogP contribution >= 0.6 is 23.2 Å². The number of sulfonamides is 1. The van der Waals surface area contributed by atoms with Crippen molar-refractivity contribution in [3.05, 3.63) is 93.2 Å². The monoisotopic (exact) mass is 631 g/mol. The van der Waals surface area contributed by atoms with E-state index < -0.39 is 40.0 Å². The topological polar surface area (TPSA) is 144 Å². The fraction of sp³-hybridized carbons (Fsp3) is 0.345. The second-order valence-corrected chi connectivity index (χ2v) is 13.2. The van der Waals surface area contributed by atoms with Crippen molar-refractivity contribution in [2.45, 2.75) is 56.3 Å². The lowest BCUT2D eigenvalue weighted by molar-refractivity contribution is -0.138. The van der Waals surface area contributed by atoms with Crippen molar-refractivity contribution in [1.29, 1.82) is 0 Å². The zero-order valence-corrected chi connectivity index (χ0v) is 25.1. The molecule has 2 amide bonds. The van der Waals surface area contributed by atoms with Crippen LogP contribution in [0.3, 0.4) is 0 Å². The van der Waals surface area contributed by atoms with Crippen molar-refractivity contribution in [3.8, 4) is 0 Å². The van der Waals surface area contributed by atoms with Crippen molar-refractivity contribution >= 4 is 50.7 Å². The molecular weight excluding hydrogens is 601 g/mol. The van der Waals surface area contributed by atoms with Crippen molar-refractivity contribution in [1.82, 2.24) is 20.1 Å². The first-order valence-corrected chi connectivity index (χ1v) is 16.1. The van der Waals surface area contributed by atoms with Gasteiger partial charge in [-0.2, -0.15) is 0 Å². The fourth-order valence-electron chi connectivity index (χ4n) is 5.89. The van der Waals surface area contributed by atoms with E-state index in [1.807, 2.05) is 0 Å². The van der Waals surface area contributed by atoms with Crippen LogP contribution in [0.25, 0.3) is 0 Å². The number of aromatic nitrogens is 1. The Balaban J connectivity index is 1.58. The summed E-state index contributed by atoms with van der Waals surface area (Å²) in [7, 11) is -3.58. The molecule has 4 atom stereocenters. The Morgan fingerprint density at radius 1 is 1.10 bits per heavy atom. The highest BCUT2D eigenvalue weighted by Gasteiger charge is 2.49. The van der Waals surface area contributed by atoms with Crippen molar-refractivity contribution < 1.29 is 22.8 Å². The normalized spacial score (nSPS) is 22.5. The average Bonchev–Trinajstić information content (AvgIpc) is 2.94. The number of benzene rings is 2. The number of halogens is 2. The van der Waals surface area contributed by atoms with E-state index in [1.165, 1.54) is 6.20 Å². The van der Waals surface area contributed by atoms with Gasteiger partial charge >= 0.3 is 0 Å². The first-order chi connectivity index (χ1) is 20.0. The molecule has 1 fully saturated rings. The molecule has 222 valence electrons. The number of amides is 2. The number of nitrogens with zero attached hydrogens (tertiary/aromatic N) is 2. The number of nitrogens with one attached hydrogen (secondary N) is 2. The van der Waals surface area contributed by atoms with Crippen LogP contribution in [0.1, 0.15) is 64.8 Å². The molecule has 2 aliphatic rings. The van der Waals surface area contributed by atoms with E-state index in [4.69, 9.17) is 33.8 Å². The van der Waals surface area contributed by atoms with Gasteiger partial charge in [-0.05, 0) is 54.3 Å². The van der Waals surface area contributed by atoms with Crippen molar-refractivity contribution in [3.63, 3.8) is 0 Å². The molecule has 1 saturated carbocycles. The summed E-state index contributed by atoms with van der Waals surface area (Å²) in [6.45, 7) is -0.0155. The molecule has 5 rings (SSSR count). The first kappa shape index (κ1) is 30.2. The maximum absolute atomic E-state index is 14.3. The van der Waals surface area contributed by atoms with Gasteiger partial charge in [0.15, 0.2) is 0 Å². The summed E-state index contributed by atoms with van der Waals surface area (Å²) in [5.74, 6) is -1.77. The maximum atomic E-state index is 14.3. The van der Waals surface area contributed by atoms with Crippen LogP contribution in [0.15, 0.2) is 60.8 Å². The smallest absolute Gasteiger partial charge is 0.255 e. The molecule has 0 bridgehead atoms. The number of hydrogen-bond donors (Lipinski definition) is 3. The fourth-order valence-corrected chi connectivity index (χ4v) is 7.24. The second-order valence-electron chi connectivity index (χ2n) is 10.6. The minimum atomic E-state index is -3.58. The molecule has 10 nitrogen and oxygen atoms in total. The summed E-state index contributed by atoms with van der Waals surface area (Å²) < 4.78 is 27.4. The van der Waals surface area contributed by atoms with Crippen molar-refractivity contribution in [2.75, 3.05) is 12.0 Å². The number of nitrogen functional groups attached to an aromatic ring is 1. The zero-order chi connectivity index (χ0) is 30.0. The summed E-state index contributed by atoms with van der Waals surface area (Å²) >= 11 is 13.0. The minimum absolute atomic E-state index is 0.0155. The van der Waals surface area contributed by atoms with Crippen LogP contribution in [0.5, 0.6) is 0 Å². The van der Waals surface area contributed by atoms with E-state index >= 15 is 0 Å². The Labute approximate surface area is 254 Å². The summed E-state index contributed by atoms with van der Waals surface area (Å²) in [5.41, 5.74) is 10.7. The third kappa shape index (κ3) is 6.55. The van der Waals surface area contributed by atoms with E-state index in [0.717, 1.165) is 19.1 Å². The number of nitrogens with two attached hydrogens (primary N) is 1. The third-order valence-electron chi connectivity index (χ3n) is 7.63. The predicted molar refractivity (Wildman–Crippen MR) is 160 cm³/mol. The summed E-state index contributed by atoms with van der Waals surface area (Å²) in [4.78, 5) is 39.7. The third-order valence-corrected chi connectivity index (χ3v) is 8.93. The number of pyridine rings is 1. The van der Waals surface area contributed by atoms with Crippen LogP contribution in [-0.4, -0.2) is 48.5 Å². The van der Waals surface area contributed by atoms with Gasteiger partial charge in [-0.3, -0.25) is 19.4 Å². The average molecular weight is 633 g/mol. The lowest BCUT2D eigenvalue weighted by Crippen LogP contribution is -2.59. The van der Waals surface area contributed by atoms with Gasteiger partial charge in [-0.1, -0.05) is 60.3 Å². The van der Waals surface area contributed by atoms with E-state index in [-0.39, 0.29) is 17.5 Å². The number of hydrogen-bond acceptors (Lipinski definition) is 7. The number of anilines is 1. The maximum Gasteiger partial charge on any atom is 0.255 e. The number of fused-ring (bicyclic) bond motifs is 1. The van der Waals surface area contributed by atoms with E-state index in [0.29, 0.717) is 45.9 Å². The van der Waals surface area contributed by atoms with E-state index in [1.54, 1.807) is 59.5 Å². The Hall–Kier alpha value is -3.22. The van der Waals surface area contributed by atoms with Gasteiger partial charge in [-0.25, -0.2) is 18.6 Å². The van der Waals surface area contributed by atoms with Gasteiger partial charge in [0.1, 0.15) is 6.61 Å². The highest BCUT2D eigenvalue weighted by Crippen LogP contribution is 2.47. The van der Waals surface area contributed by atoms with E-state index in [2.05, 4.69) is 15.2 Å². The molecule has 13 heteroatoms. The van der Waals surface area contributed by atoms with Gasteiger partial charge in [0.25, 0.3) is 11.8 Å². The molecule has 0 spiro atoms. The molecule has 0 unspecified atom stereocenters. The number of hydroxylamine groups is 1. The van der Waals surface area contributed by atoms with Crippen LogP contribution in [0.2, 0.25) is 10.0 Å². The minimum Gasteiger partial charge on any atom is -0.397 e. The lowest BCUT2D eigenvalue weighted by atomic mass is 9.76. The SMILES string of the molecule is CS(=O)(=O)N[C@H]1CCCC[C@@H]1N1C(=O)c2ccccc2[C@@H](C(=O)NOCc2ccc(N)cn2)[C@@H]1c1ccc(Cl)cc1Cl. The zero-order valence-electron chi connectivity index (χ0n) is 22.8. The molecule has 42 heavy (non-hydrogen) atoms. The molecule has 1 aromatic heterocycles. The van der Waals surface area contributed by atoms with Crippen molar-refractivity contribution in [2.24, 2.45) is 0 Å². The quantitative estimate of drug-likeness (QED) is 0.313. The van der Waals surface area contributed by atoms with Gasteiger partial charge < -0.3 is 10.6 Å². The van der Waals surface area contributed by atoms with E-state index in [9.17, 15) is 18.0 Å². The molecule has 1 aliphatic heterocycles. The summed E-state index contributed by atoms with van der Waals surface area (Å²) in [6.07, 6.45) is 5.25. The molecule has 2 aromatic carbocycles. The van der Waals surface area contributed by atoms with Gasteiger partial charge in [0.05, 0.1) is 35.8 Å². The first-order valence-electron chi connectivity index (χ1n) is 13.5.